The number of hydrogen-bond donors (Lipinski definition) is 4. The molecule has 4 fully saturated rings. The highest BCUT2D eigenvalue weighted by molar-refractivity contribution is 8.24. The van der Waals surface area contributed by atoms with E-state index in [1.807, 2.05) is 0 Å². The van der Waals surface area contributed by atoms with E-state index in [1.165, 1.54) is 29.6 Å². The van der Waals surface area contributed by atoms with Crippen LogP contribution in [-0.4, -0.2) is 80.8 Å². The van der Waals surface area contributed by atoms with E-state index in [-0.39, 0.29) is 39.5 Å². The van der Waals surface area contributed by atoms with Crippen molar-refractivity contribution in [2.24, 2.45) is 50.7 Å². The number of rotatable bonds is 8. The molecule has 7 aliphatic rings. The number of alkyl halides is 1. The largest absolute Gasteiger partial charge is 0.481 e. The highest BCUT2D eigenvalue weighted by atomic mass is 32.3. The molecule has 8 atom stereocenters. The van der Waals surface area contributed by atoms with Gasteiger partial charge in [-0.25, -0.2) is 4.39 Å². The first kappa shape index (κ1) is 38.7. The number of halogens is 1. The molecule has 0 bridgehead atoms. The van der Waals surface area contributed by atoms with Crippen LogP contribution in [0.2, 0.25) is 0 Å². The maximum absolute atomic E-state index is 14.0. The van der Waals surface area contributed by atoms with E-state index >= 15 is 0 Å². The number of nitrogens with zero attached hydrogens (tertiary/aromatic N) is 1. The van der Waals surface area contributed by atoms with Crippen molar-refractivity contribution in [3.05, 3.63) is 34.4 Å². The van der Waals surface area contributed by atoms with Gasteiger partial charge in [-0.05, 0) is 132 Å². The molecule has 4 N–H and O–H groups in total. The van der Waals surface area contributed by atoms with Crippen LogP contribution in [0, 0.1) is 50.7 Å². The second kappa shape index (κ2) is 13.0. The molecular formula is C43H67FN2O5S. The summed E-state index contributed by atoms with van der Waals surface area (Å²) in [5.74, 6) is 1.89. The van der Waals surface area contributed by atoms with Crippen LogP contribution in [0.15, 0.2) is 34.4 Å². The van der Waals surface area contributed by atoms with Crippen LogP contribution < -0.4 is 5.32 Å². The summed E-state index contributed by atoms with van der Waals surface area (Å²) in [4.78, 5) is 28.3. The number of fused-ring (bicyclic) bond motifs is 7. The lowest BCUT2D eigenvalue weighted by atomic mass is 9.33. The molecule has 0 unspecified atom stereocenters. The Morgan fingerprint density at radius 1 is 0.962 bits per heavy atom. The number of carbonyl (C=O) groups is 2. The summed E-state index contributed by atoms with van der Waals surface area (Å²) in [7, 11) is -2.42. The van der Waals surface area contributed by atoms with Crippen molar-refractivity contribution in [2.75, 3.05) is 44.4 Å². The number of Topliss-reactive ketones (excluding diaryl/α,β-unsaturated/α-hetero) is 1. The summed E-state index contributed by atoms with van der Waals surface area (Å²) in [6.07, 6.45) is 14.1. The molecular weight excluding hydrogens is 676 g/mol. The van der Waals surface area contributed by atoms with Gasteiger partial charge in [0.1, 0.15) is 6.67 Å². The first-order valence-electron chi connectivity index (χ1n) is 20.5. The summed E-state index contributed by atoms with van der Waals surface area (Å²) in [6.45, 7) is 19.3. The van der Waals surface area contributed by atoms with Crippen LogP contribution in [0.5, 0.6) is 0 Å². The van der Waals surface area contributed by atoms with Gasteiger partial charge in [0.2, 0.25) is 0 Å². The fourth-order valence-electron chi connectivity index (χ4n) is 13.9. The molecule has 7 rings (SSSR count). The summed E-state index contributed by atoms with van der Waals surface area (Å²) in [6, 6.07) is 0. The van der Waals surface area contributed by atoms with Crippen molar-refractivity contribution < 1.29 is 28.2 Å². The van der Waals surface area contributed by atoms with Crippen LogP contribution >= 0.6 is 10.6 Å². The molecule has 1 saturated heterocycles. The normalized spacial score (nSPS) is 43.5. The molecule has 3 saturated carbocycles. The van der Waals surface area contributed by atoms with Crippen LogP contribution in [-0.2, 0) is 9.59 Å². The predicted octanol–water partition coefficient (Wildman–Crippen LogP) is 9.06. The van der Waals surface area contributed by atoms with Gasteiger partial charge in [-0.15, -0.1) is 0 Å². The van der Waals surface area contributed by atoms with E-state index in [4.69, 9.17) is 0 Å². The van der Waals surface area contributed by atoms with Crippen molar-refractivity contribution in [1.82, 2.24) is 10.2 Å². The Morgan fingerprint density at radius 2 is 1.67 bits per heavy atom. The molecule has 0 spiro atoms. The molecule has 1 heterocycles. The molecule has 0 aromatic carbocycles. The molecule has 292 valence electrons. The summed E-state index contributed by atoms with van der Waals surface area (Å²) in [5, 5.41) is 13.8. The van der Waals surface area contributed by atoms with Gasteiger partial charge < -0.3 is 10.4 Å². The number of allylic oxidation sites excluding steroid dienone is 5. The van der Waals surface area contributed by atoms with Gasteiger partial charge in [0.05, 0.1) is 16.9 Å². The topological polar surface area (TPSA) is 110 Å². The van der Waals surface area contributed by atoms with E-state index in [0.717, 1.165) is 50.8 Å². The predicted molar refractivity (Wildman–Crippen MR) is 208 cm³/mol. The first-order chi connectivity index (χ1) is 24.3. The van der Waals surface area contributed by atoms with Gasteiger partial charge in [0.25, 0.3) is 0 Å². The van der Waals surface area contributed by atoms with E-state index < -0.39 is 28.6 Å². The zero-order valence-electron chi connectivity index (χ0n) is 33.1. The molecule has 9 heteroatoms. The fraction of sp³-hybridized carbons (Fsp3) is 0.814. The quantitative estimate of drug-likeness (QED) is 0.197. The molecule has 0 radical (unpaired) electrons. The van der Waals surface area contributed by atoms with Gasteiger partial charge in [-0.3, -0.25) is 23.6 Å². The minimum absolute atomic E-state index is 0.0563. The summed E-state index contributed by atoms with van der Waals surface area (Å²) < 4.78 is 34.2. The van der Waals surface area contributed by atoms with Crippen molar-refractivity contribution in [3.8, 4) is 0 Å². The van der Waals surface area contributed by atoms with Crippen molar-refractivity contribution >= 4 is 22.3 Å². The van der Waals surface area contributed by atoms with Gasteiger partial charge in [-0.2, -0.15) is 10.6 Å². The number of aliphatic carboxylic acids is 1. The third kappa shape index (κ3) is 5.70. The van der Waals surface area contributed by atoms with E-state index in [0.29, 0.717) is 67.4 Å². The monoisotopic (exact) mass is 742 g/mol. The van der Waals surface area contributed by atoms with Crippen molar-refractivity contribution in [3.63, 3.8) is 0 Å². The maximum Gasteiger partial charge on any atom is 0.312 e. The van der Waals surface area contributed by atoms with Crippen molar-refractivity contribution in [2.45, 2.75) is 125 Å². The van der Waals surface area contributed by atoms with Crippen LogP contribution in [0.25, 0.3) is 0 Å². The summed E-state index contributed by atoms with van der Waals surface area (Å²) >= 11 is 0. The van der Waals surface area contributed by atoms with Gasteiger partial charge in [-0.1, -0.05) is 60.6 Å². The van der Waals surface area contributed by atoms with E-state index in [2.05, 4.69) is 70.8 Å². The minimum atomic E-state index is -2.42. The molecule has 52 heavy (non-hydrogen) atoms. The average molecular weight is 743 g/mol. The Bertz CT molecular complexity index is 1580. The first-order valence-corrected chi connectivity index (χ1v) is 22.4. The Morgan fingerprint density at radius 3 is 2.29 bits per heavy atom. The molecule has 0 aromatic rings. The number of carbonyl (C=O) groups excluding carboxylic acids is 1. The van der Waals surface area contributed by atoms with Crippen LogP contribution in [0.4, 0.5) is 4.39 Å². The molecule has 0 aromatic heterocycles. The third-order valence-corrected chi connectivity index (χ3v) is 18.7. The smallest absolute Gasteiger partial charge is 0.312 e. The Hall–Kier alpha value is -1.52. The third-order valence-electron chi connectivity index (χ3n) is 17.0. The Kier molecular flexibility index (Phi) is 9.71. The second-order valence-electron chi connectivity index (χ2n) is 20.0. The standard InChI is InChI=1S/C43H67FN2O5S/c1-28(2)35-32(47)26-43(45-20-21-46-22-24-52(50,51)25-23-46)19-18-40(6)31(36(35)43)8-9-34-39(5)14-12-30(38(3,4)33(39)13-15-41(34,40)7)29-10-16-42(27-44,17-11-29)37(48)49/h10,12,28,31,33-34,45,50-51H,8-9,11,13-27H2,1-7H3,(H,48,49)/t31-,33+,34-,39+,40-,41-,42+,43-/m1/s1. The number of nitrogens with one attached hydrogen (secondary N) is 1. The highest BCUT2D eigenvalue weighted by Gasteiger charge is 2.69. The van der Waals surface area contributed by atoms with Gasteiger partial charge >= 0.3 is 5.97 Å². The maximum atomic E-state index is 14.0. The van der Waals surface area contributed by atoms with Crippen LogP contribution in [0.3, 0.4) is 0 Å². The lowest BCUT2D eigenvalue weighted by molar-refractivity contribution is -0.196. The summed E-state index contributed by atoms with van der Waals surface area (Å²) in [5.41, 5.74) is 3.92. The fourth-order valence-corrected chi connectivity index (χ4v) is 15.2. The number of ketones is 1. The van der Waals surface area contributed by atoms with E-state index in [1.54, 1.807) is 0 Å². The highest BCUT2D eigenvalue weighted by Crippen LogP contribution is 2.76. The average Bonchev–Trinajstić information content (AvgIpc) is 3.38. The number of carboxylic acids is 1. The zero-order valence-corrected chi connectivity index (χ0v) is 33.9. The second-order valence-corrected chi connectivity index (χ2v) is 22.4. The number of carboxylic acid groups (broad SMARTS) is 1. The lowest BCUT2D eigenvalue weighted by Gasteiger charge is -2.71. The zero-order chi connectivity index (χ0) is 37.7. The molecule has 7 nitrogen and oxygen atoms in total. The minimum Gasteiger partial charge on any atom is -0.481 e. The Balaban J connectivity index is 1.16. The lowest BCUT2D eigenvalue weighted by Crippen LogP contribution is -2.66. The SMILES string of the molecule is CC(C)C1=C2[C@H]3CC[C@@H]4[C@@]5(C)CC=C(C6=CC[C@](CF)(C(=O)O)CC6)C(C)(C)[C@@H]5CC[C@@]4(C)[C@]3(C)CC[C@@]2(NCCN2CCS(O)(O)CC2)CC1=O. The Labute approximate surface area is 314 Å². The van der Waals surface area contributed by atoms with E-state index in [9.17, 15) is 28.2 Å². The van der Waals surface area contributed by atoms with Crippen LogP contribution in [0.1, 0.15) is 119 Å². The molecule has 0 amide bonds. The molecule has 6 aliphatic carbocycles. The van der Waals surface area contributed by atoms with Crippen molar-refractivity contribution in [1.29, 1.82) is 0 Å². The van der Waals surface area contributed by atoms with Gasteiger partial charge in [0, 0.05) is 38.1 Å². The molecule has 1 aliphatic heterocycles. The van der Waals surface area contributed by atoms with Gasteiger partial charge in [0.15, 0.2) is 5.78 Å². The number of hydrogen-bond acceptors (Lipinski definition) is 6.